The van der Waals surface area contributed by atoms with Gasteiger partial charge in [0, 0.05) is 32.8 Å². The summed E-state index contributed by atoms with van der Waals surface area (Å²) in [4.78, 5) is 7.14. The zero-order valence-electron chi connectivity index (χ0n) is 19.1. The molecule has 0 saturated carbocycles. The van der Waals surface area contributed by atoms with Gasteiger partial charge in [-0.2, -0.15) is 0 Å². The van der Waals surface area contributed by atoms with E-state index < -0.39 is 0 Å². The molecule has 2 aromatic rings. The smallest absolute Gasteiger partial charge is 0.191 e. The maximum absolute atomic E-state index is 13.5. The third-order valence-electron chi connectivity index (χ3n) is 5.46. The maximum Gasteiger partial charge on any atom is 0.191 e. The van der Waals surface area contributed by atoms with Crippen LogP contribution in [0, 0.1) is 5.82 Å². The molecular formula is C25H35FN4O2. The molecule has 1 saturated heterocycles. The van der Waals surface area contributed by atoms with Crippen LogP contribution in [0.4, 0.5) is 4.39 Å². The monoisotopic (exact) mass is 442 g/mol. The number of rotatable bonds is 10. The Morgan fingerprint density at radius 2 is 1.72 bits per heavy atom. The molecule has 0 amide bonds. The van der Waals surface area contributed by atoms with Crippen molar-refractivity contribution in [3.63, 3.8) is 0 Å². The number of benzene rings is 2. The van der Waals surface area contributed by atoms with Crippen LogP contribution < -0.4 is 10.6 Å². The second-order valence-electron chi connectivity index (χ2n) is 7.75. The molecule has 1 atom stereocenters. The molecule has 0 radical (unpaired) electrons. The third kappa shape index (κ3) is 7.58. The molecule has 1 unspecified atom stereocenters. The number of halogens is 1. The van der Waals surface area contributed by atoms with Crippen molar-refractivity contribution in [1.29, 1.82) is 0 Å². The number of guanidine groups is 1. The Bertz CT molecular complexity index is 821. The molecule has 2 N–H and O–H groups in total. The average molecular weight is 443 g/mol. The Labute approximate surface area is 190 Å². The van der Waals surface area contributed by atoms with Crippen molar-refractivity contribution >= 4 is 5.96 Å². The predicted octanol–water partition coefficient (Wildman–Crippen LogP) is 3.49. The lowest BCUT2D eigenvalue weighted by molar-refractivity contribution is 0.0170. The first-order valence-electron chi connectivity index (χ1n) is 11.4. The van der Waals surface area contributed by atoms with Gasteiger partial charge < -0.3 is 20.1 Å². The van der Waals surface area contributed by atoms with Gasteiger partial charge >= 0.3 is 0 Å². The van der Waals surface area contributed by atoms with Crippen LogP contribution >= 0.6 is 0 Å². The first kappa shape index (κ1) is 24.2. The molecule has 0 bridgehead atoms. The molecule has 0 spiro atoms. The van der Waals surface area contributed by atoms with Crippen LogP contribution in [-0.4, -0.2) is 56.9 Å². The maximum atomic E-state index is 13.5. The van der Waals surface area contributed by atoms with Gasteiger partial charge in [-0.3, -0.25) is 4.90 Å². The molecule has 1 fully saturated rings. The fraction of sp³-hybridized carbons (Fsp3) is 0.480. The van der Waals surface area contributed by atoms with Gasteiger partial charge in [-0.05, 0) is 42.7 Å². The molecule has 7 heteroatoms. The molecule has 1 aliphatic rings. The average Bonchev–Trinajstić information content (AvgIpc) is 2.83. The fourth-order valence-electron chi connectivity index (χ4n) is 3.70. The van der Waals surface area contributed by atoms with Crippen molar-refractivity contribution in [3.8, 4) is 0 Å². The number of hydrogen-bond donors (Lipinski definition) is 2. The second kappa shape index (κ2) is 13.2. The van der Waals surface area contributed by atoms with E-state index in [2.05, 4.69) is 46.7 Å². The first-order valence-corrected chi connectivity index (χ1v) is 11.4. The summed E-state index contributed by atoms with van der Waals surface area (Å²) in [5.74, 6) is 0.552. The van der Waals surface area contributed by atoms with Gasteiger partial charge in [0.25, 0.3) is 0 Å². The van der Waals surface area contributed by atoms with E-state index in [1.54, 1.807) is 0 Å². The molecule has 1 heterocycles. The van der Waals surface area contributed by atoms with E-state index in [4.69, 9.17) is 14.5 Å². The number of morpholine rings is 1. The van der Waals surface area contributed by atoms with E-state index in [0.29, 0.717) is 39.5 Å². The van der Waals surface area contributed by atoms with E-state index in [0.717, 1.165) is 42.3 Å². The SMILES string of the molecule is CCNC(=NCc1ccc(COCC)cc1)NCC(c1ccc(F)cc1)N1CCOCC1. The van der Waals surface area contributed by atoms with Crippen LogP contribution in [-0.2, 0) is 22.6 Å². The lowest BCUT2D eigenvalue weighted by Gasteiger charge is -2.35. The fourth-order valence-corrected chi connectivity index (χ4v) is 3.70. The van der Waals surface area contributed by atoms with Crippen molar-refractivity contribution in [1.82, 2.24) is 15.5 Å². The number of nitrogens with zero attached hydrogens (tertiary/aromatic N) is 2. The molecule has 174 valence electrons. The molecular weight excluding hydrogens is 407 g/mol. The van der Waals surface area contributed by atoms with Crippen molar-refractivity contribution in [2.45, 2.75) is 33.0 Å². The van der Waals surface area contributed by atoms with Gasteiger partial charge in [0.05, 0.1) is 32.4 Å². The summed E-state index contributed by atoms with van der Waals surface area (Å²) in [6, 6.07) is 15.3. The molecule has 3 rings (SSSR count). The zero-order chi connectivity index (χ0) is 22.6. The Kier molecular flexibility index (Phi) is 9.94. The Balaban J connectivity index is 1.65. The van der Waals surface area contributed by atoms with Crippen molar-refractivity contribution < 1.29 is 13.9 Å². The van der Waals surface area contributed by atoms with Crippen molar-refractivity contribution in [2.24, 2.45) is 4.99 Å². The van der Waals surface area contributed by atoms with Gasteiger partial charge in [-0.15, -0.1) is 0 Å². The van der Waals surface area contributed by atoms with Crippen LogP contribution in [0.2, 0.25) is 0 Å². The van der Waals surface area contributed by atoms with E-state index in [9.17, 15) is 4.39 Å². The quantitative estimate of drug-likeness (QED) is 0.436. The minimum atomic E-state index is -0.218. The summed E-state index contributed by atoms with van der Waals surface area (Å²) in [5, 5.41) is 6.81. The van der Waals surface area contributed by atoms with Gasteiger partial charge in [-0.25, -0.2) is 9.38 Å². The highest BCUT2D eigenvalue weighted by atomic mass is 19.1. The predicted molar refractivity (Wildman–Crippen MR) is 126 cm³/mol. The summed E-state index contributed by atoms with van der Waals surface area (Å²) < 4.78 is 24.4. The molecule has 0 aliphatic carbocycles. The van der Waals surface area contributed by atoms with Crippen LogP contribution in [0.3, 0.4) is 0 Å². The van der Waals surface area contributed by atoms with Gasteiger partial charge in [0.15, 0.2) is 5.96 Å². The minimum absolute atomic E-state index is 0.112. The molecule has 2 aromatic carbocycles. The molecule has 6 nitrogen and oxygen atoms in total. The van der Waals surface area contributed by atoms with Gasteiger partial charge in [0.1, 0.15) is 5.82 Å². The zero-order valence-corrected chi connectivity index (χ0v) is 19.1. The first-order chi connectivity index (χ1) is 15.7. The summed E-state index contributed by atoms with van der Waals surface area (Å²) in [6.07, 6.45) is 0. The topological polar surface area (TPSA) is 58.1 Å². The molecule has 32 heavy (non-hydrogen) atoms. The van der Waals surface area contributed by atoms with E-state index in [1.807, 2.05) is 19.1 Å². The lowest BCUT2D eigenvalue weighted by atomic mass is 10.0. The number of hydrogen-bond acceptors (Lipinski definition) is 4. The minimum Gasteiger partial charge on any atom is -0.379 e. The van der Waals surface area contributed by atoms with Crippen LogP contribution in [0.15, 0.2) is 53.5 Å². The third-order valence-corrected chi connectivity index (χ3v) is 5.46. The summed E-state index contributed by atoms with van der Waals surface area (Å²) in [5.41, 5.74) is 3.39. The largest absolute Gasteiger partial charge is 0.379 e. The van der Waals surface area contributed by atoms with Gasteiger partial charge in [0.2, 0.25) is 0 Å². The van der Waals surface area contributed by atoms with Crippen molar-refractivity contribution in [2.75, 3.05) is 46.0 Å². The highest BCUT2D eigenvalue weighted by Crippen LogP contribution is 2.21. The summed E-state index contributed by atoms with van der Waals surface area (Å²) >= 11 is 0. The van der Waals surface area contributed by atoms with Crippen LogP contribution in [0.5, 0.6) is 0 Å². The van der Waals surface area contributed by atoms with E-state index in [-0.39, 0.29) is 11.9 Å². The highest BCUT2D eigenvalue weighted by molar-refractivity contribution is 5.79. The normalized spacial score (nSPS) is 16.0. The Morgan fingerprint density at radius 1 is 1.03 bits per heavy atom. The number of ether oxygens (including phenoxy) is 2. The highest BCUT2D eigenvalue weighted by Gasteiger charge is 2.23. The lowest BCUT2D eigenvalue weighted by Crippen LogP contribution is -2.46. The van der Waals surface area contributed by atoms with E-state index >= 15 is 0 Å². The Morgan fingerprint density at radius 3 is 2.38 bits per heavy atom. The standard InChI is InChI=1S/C25H35FN4O2/c1-3-27-25(28-17-20-5-7-21(8-6-20)19-31-4-2)29-18-24(30-13-15-32-16-14-30)22-9-11-23(26)12-10-22/h5-12,24H,3-4,13-19H2,1-2H3,(H2,27,28,29). The Hall–Kier alpha value is -2.48. The summed E-state index contributed by atoms with van der Waals surface area (Å²) in [7, 11) is 0. The van der Waals surface area contributed by atoms with Crippen molar-refractivity contribution in [3.05, 3.63) is 71.0 Å². The van der Waals surface area contributed by atoms with E-state index in [1.165, 1.54) is 12.1 Å². The van der Waals surface area contributed by atoms with Gasteiger partial charge in [-0.1, -0.05) is 36.4 Å². The summed E-state index contributed by atoms with van der Waals surface area (Å²) in [6.45, 7) is 10.6. The van der Waals surface area contributed by atoms with Crippen LogP contribution in [0.25, 0.3) is 0 Å². The molecule has 1 aliphatic heterocycles. The number of aliphatic imine (C=N–C) groups is 1. The number of nitrogens with one attached hydrogen (secondary N) is 2. The van der Waals surface area contributed by atoms with Crippen LogP contribution in [0.1, 0.15) is 36.6 Å². The second-order valence-corrected chi connectivity index (χ2v) is 7.75. The molecule has 0 aromatic heterocycles.